The van der Waals surface area contributed by atoms with Crippen molar-refractivity contribution in [2.75, 3.05) is 0 Å². The molecular formula is C22H19BrOS. The van der Waals surface area contributed by atoms with Crippen LogP contribution in [0.2, 0.25) is 0 Å². The summed E-state index contributed by atoms with van der Waals surface area (Å²) in [6, 6.07) is 15.0. The molecule has 3 aromatic carbocycles. The van der Waals surface area contributed by atoms with Crippen LogP contribution in [0.15, 0.2) is 46.9 Å². The molecular weight excluding hydrogens is 392 g/mol. The number of phenols is 1. The van der Waals surface area contributed by atoms with E-state index in [0.717, 1.165) is 22.0 Å². The Hall–Kier alpha value is -1.84. The van der Waals surface area contributed by atoms with Gasteiger partial charge in [0.1, 0.15) is 5.75 Å². The summed E-state index contributed by atoms with van der Waals surface area (Å²) in [4.78, 5) is 1.36. The molecule has 0 atom stereocenters. The topological polar surface area (TPSA) is 20.2 Å². The molecule has 0 amide bonds. The van der Waals surface area contributed by atoms with Crippen molar-refractivity contribution in [2.45, 2.75) is 27.2 Å². The Labute approximate surface area is 160 Å². The van der Waals surface area contributed by atoms with Gasteiger partial charge in [-0.25, -0.2) is 0 Å². The Morgan fingerprint density at radius 2 is 1.84 bits per heavy atom. The van der Waals surface area contributed by atoms with Crippen LogP contribution in [0.3, 0.4) is 0 Å². The molecule has 0 bridgehead atoms. The molecule has 0 radical (unpaired) electrons. The third kappa shape index (κ3) is 2.57. The van der Waals surface area contributed by atoms with Crippen molar-refractivity contribution in [3.8, 4) is 16.9 Å². The second-order valence-corrected chi connectivity index (χ2v) is 8.56. The molecule has 0 aliphatic rings. The van der Waals surface area contributed by atoms with Crippen molar-refractivity contribution in [3.05, 3.63) is 62.9 Å². The van der Waals surface area contributed by atoms with Crippen molar-refractivity contribution < 1.29 is 5.11 Å². The van der Waals surface area contributed by atoms with Crippen molar-refractivity contribution in [1.29, 1.82) is 0 Å². The fourth-order valence-electron chi connectivity index (χ4n) is 3.56. The zero-order valence-corrected chi connectivity index (χ0v) is 16.9. The van der Waals surface area contributed by atoms with Crippen molar-refractivity contribution in [3.63, 3.8) is 0 Å². The van der Waals surface area contributed by atoms with Crippen LogP contribution < -0.4 is 0 Å². The molecule has 126 valence electrons. The van der Waals surface area contributed by atoms with E-state index in [-0.39, 0.29) is 0 Å². The Morgan fingerprint density at radius 1 is 1.08 bits per heavy atom. The maximum Gasteiger partial charge on any atom is 0.132 e. The van der Waals surface area contributed by atoms with Crippen LogP contribution in [-0.4, -0.2) is 5.11 Å². The van der Waals surface area contributed by atoms with E-state index in [1.807, 2.05) is 17.4 Å². The van der Waals surface area contributed by atoms with Gasteiger partial charge in [0.25, 0.3) is 0 Å². The lowest BCUT2D eigenvalue weighted by atomic mass is 9.91. The minimum absolute atomic E-state index is 0.348. The van der Waals surface area contributed by atoms with Crippen molar-refractivity contribution in [1.82, 2.24) is 0 Å². The second-order valence-electron chi connectivity index (χ2n) is 6.45. The lowest BCUT2D eigenvalue weighted by molar-refractivity contribution is 0.465. The first-order chi connectivity index (χ1) is 12.0. The first-order valence-corrected chi connectivity index (χ1v) is 10.1. The minimum atomic E-state index is 0.348. The fourth-order valence-corrected chi connectivity index (χ4v) is 5.19. The molecule has 4 aromatic rings. The number of aromatic hydroxyl groups is 1. The highest BCUT2D eigenvalue weighted by molar-refractivity contribution is 9.10. The van der Waals surface area contributed by atoms with Crippen molar-refractivity contribution >= 4 is 48.1 Å². The number of thiophene rings is 1. The fraction of sp³-hybridized carbons (Fsp3) is 0.182. The van der Waals surface area contributed by atoms with E-state index in [9.17, 15) is 5.11 Å². The molecule has 0 unspecified atom stereocenters. The van der Waals surface area contributed by atoms with Crippen LogP contribution in [0.5, 0.6) is 5.75 Å². The SMILES string of the molecule is CCc1cc(-c2c3ccccc3cc3sc(C)c(C)c23)cc(Br)c1O. The minimum Gasteiger partial charge on any atom is -0.506 e. The molecule has 0 saturated heterocycles. The number of aryl methyl sites for hydroxylation is 3. The van der Waals surface area contributed by atoms with E-state index in [1.165, 1.54) is 36.9 Å². The molecule has 1 nitrogen and oxygen atoms in total. The summed E-state index contributed by atoms with van der Waals surface area (Å²) in [5.74, 6) is 0.348. The molecule has 1 N–H and O–H groups in total. The highest BCUT2D eigenvalue weighted by Gasteiger charge is 2.17. The Balaban J connectivity index is 2.20. The number of rotatable bonds is 2. The Bertz CT molecular complexity index is 1120. The van der Waals surface area contributed by atoms with Gasteiger partial charge in [-0.1, -0.05) is 31.2 Å². The van der Waals surface area contributed by atoms with Gasteiger partial charge in [0.15, 0.2) is 0 Å². The zero-order chi connectivity index (χ0) is 17.7. The summed E-state index contributed by atoms with van der Waals surface area (Å²) in [6.07, 6.45) is 0.799. The molecule has 3 heteroatoms. The number of halogens is 1. The third-order valence-electron chi connectivity index (χ3n) is 4.99. The van der Waals surface area contributed by atoms with Crippen LogP contribution in [0, 0.1) is 13.8 Å². The van der Waals surface area contributed by atoms with Crippen LogP contribution in [0.4, 0.5) is 0 Å². The van der Waals surface area contributed by atoms with Gasteiger partial charge < -0.3 is 5.11 Å². The average Bonchev–Trinajstić information content (AvgIpc) is 2.89. The lowest BCUT2D eigenvalue weighted by Gasteiger charge is -2.14. The molecule has 0 aliphatic heterocycles. The highest BCUT2D eigenvalue weighted by Crippen LogP contribution is 2.44. The summed E-state index contributed by atoms with van der Waals surface area (Å²) in [5.41, 5.74) is 4.74. The number of hydrogen-bond acceptors (Lipinski definition) is 2. The van der Waals surface area contributed by atoms with E-state index < -0.39 is 0 Å². The molecule has 0 aliphatic carbocycles. The molecule has 1 aromatic heterocycles. The van der Waals surface area contributed by atoms with Gasteiger partial charge in [0.2, 0.25) is 0 Å². The molecule has 1 heterocycles. The molecule has 4 rings (SSSR count). The molecule has 0 fully saturated rings. The van der Waals surface area contributed by atoms with Gasteiger partial charge in [0.05, 0.1) is 4.47 Å². The van der Waals surface area contributed by atoms with Gasteiger partial charge in [-0.15, -0.1) is 11.3 Å². The smallest absolute Gasteiger partial charge is 0.132 e. The lowest BCUT2D eigenvalue weighted by Crippen LogP contribution is -1.89. The second kappa shape index (κ2) is 6.15. The first kappa shape index (κ1) is 16.6. The molecule has 25 heavy (non-hydrogen) atoms. The van der Waals surface area contributed by atoms with Gasteiger partial charge in [0, 0.05) is 15.0 Å². The predicted molar refractivity (Wildman–Crippen MR) is 113 cm³/mol. The van der Waals surface area contributed by atoms with E-state index in [2.05, 4.69) is 73.1 Å². The predicted octanol–water partition coefficient (Wildman–Crippen LogP) is 7.37. The van der Waals surface area contributed by atoms with Gasteiger partial charge in [-0.3, -0.25) is 0 Å². The van der Waals surface area contributed by atoms with Crippen LogP contribution in [0.1, 0.15) is 22.9 Å². The summed E-state index contributed by atoms with van der Waals surface area (Å²) in [6.45, 7) is 6.48. The molecule has 0 saturated carbocycles. The number of benzene rings is 3. The third-order valence-corrected chi connectivity index (χ3v) is 6.75. The van der Waals surface area contributed by atoms with Crippen LogP contribution in [0.25, 0.3) is 32.0 Å². The number of phenolic OH excluding ortho intramolecular Hbond substituents is 1. The highest BCUT2D eigenvalue weighted by atomic mass is 79.9. The summed E-state index contributed by atoms with van der Waals surface area (Å²) < 4.78 is 2.08. The standard InChI is InChI=1S/C22H19BrOS/c1-4-14-9-16(10-18(23)22(14)24)21-17-8-6-5-7-15(17)11-19-20(21)12(2)13(3)25-19/h5-11,24H,4H2,1-3H3. The average molecular weight is 411 g/mol. The van der Waals surface area contributed by atoms with E-state index in [4.69, 9.17) is 0 Å². The quantitative estimate of drug-likeness (QED) is 0.365. The van der Waals surface area contributed by atoms with Gasteiger partial charge in [-0.05, 0) is 87.4 Å². The van der Waals surface area contributed by atoms with E-state index in [1.54, 1.807) is 0 Å². The van der Waals surface area contributed by atoms with E-state index >= 15 is 0 Å². The largest absolute Gasteiger partial charge is 0.506 e. The van der Waals surface area contributed by atoms with Crippen LogP contribution in [-0.2, 0) is 6.42 Å². The first-order valence-electron chi connectivity index (χ1n) is 8.44. The van der Waals surface area contributed by atoms with Gasteiger partial charge in [-0.2, -0.15) is 0 Å². The maximum atomic E-state index is 10.3. The Kier molecular flexibility index (Phi) is 4.09. The monoisotopic (exact) mass is 410 g/mol. The maximum absolute atomic E-state index is 10.3. The van der Waals surface area contributed by atoms with Crippen LogP contribution >= 0.6 is 27.3 Å². The zero-order valence-electron chi connectivity index (χ0n) is 14.5. The Morgan fingerprint density at radius 3 is 2.60 bits per heavy atom. The number of fused-ring (bicyclic) bond motifs is 2. The summed E-state index contributed by atoms with van der Waals surface area (Å²) >= 11 is 5.40. The summed E-state index contributed by atoms with van der Waals surface area (Å²) in [7, 11) is 0. The number of hydrogen-bond donors (Lipinski definition) is 1. The van der Waals surface area contributed by atoms with Crippen molar-refractivity contribution in [2.24, 2.45) is 0 Å². The van der Waals surface area contributed by atoms with Gasteiger partial charge >= 0.3 is 0 Å². The summed E-state index contributed by atoms with van der Waals surface area (Å²) in [5, 5.41) is 14.2. The molecule has 0 spiro atoms. The normalized spacial score (nSPS) is 11.5. The van der Waals surface area contributed by atoms with E-state index in [0.29, 0.717) is 5.75 Å².